The van der Waals surface area contributed by atoms with E-state index in [4.69, 9.17) is 15.1 Å². The van der Waals surface area contributed by atoms with E-state index in [9.17, 15) is 0 Å². The third-order valence-electron chi connectivity index (χ3n) is 1.41. The van der Waals surface area contributed by atoms with Gasteiger partial charge in [-0.15, -0.1) is 0 Å². The van der Waals surface area contributed by atoms with Crippen LogP contribution in [0, 0.1) is 0 Å². The van der Waals surface area contributed by atoms with Crippen LogP contribution in [0.4, 0.5) is 0 Å². The first-order valence-electron chi connectivity index (χ1n) is 3.27. The molecule has 11 heavy (non-hydrogen) atoms. The van der Waals surface area contributed by atoms with Crippen molar-refractivity contribution in [2.75, 3.05) is 0 Å². The van der Waals surface area contributed by atoms with Gasteiger partial charge in [-0.1, -0.05) is 11.5 Å². The van der Waals surface area contributed by atoms with Gasteiger partial charge >= 0.3 is 6.75 Å². The first-order valence-corrected chi connectivity index (χ1v) is 3.27. The number of hydrogen-bond acceptors (Lipinski definition) is 3. The molecule has 0 bridgehead atoms. The van der Waals surface area contributed by atoms with Crippen molar-refractivity contribution in [1.82, 2.24) is 0 Å². The summed E-state index contributed by atoms with van der Waals surface area (Å²) in [7, 11) is 1.73. The minimum atomic E-state index is -3.34. The Hall–Kier alpha value is -0.905. The zero-order valence-corrected chi connectivity index (χ0v) is 6.18. The number of rotatable bonds is 1. The number of pyridine rings is 1. The first-order chi connectivity index (χ1) is 5.00. The molecule has 4 nitrogen and oxygen atoms in total. The fourth-order valence-corrected chi connectivity index (χ4v) is 0.840. The maximum atomic E-state index is 8.77. The van der Waals surface area contributed by atoms with E-state index < -0.39 is 6.75 Å². The van der Waals surface area contributed by atoms with E-state index in [0.29, 0.717) is 0 Å². The molecule has 60 valence electrons. The quantitative estimate of drug-likeness (QED) is 0.314. The van der Waals surface area contributed by atoms with Gasteiger partial charge in [-0.05, 0) is 6.07 Å². The van der Waals surface area contributed by atoms with E-state index in [-0.39, 0.29) is 5.46 Å². The summed E-state index contributed by atoms with van der Waals surface area (Å²) in [5.74, 6) is 0. The third-order valence-corrected chi connectivity index (χ3v) is 1.41. The molecule has 0 aliphatic heterocycles. The maximum absolute atomic E-state index is 8.77. The average molecular weight is 155 g/mol. The van der Waals surface area contributed by atoms with Gasteiger partial charge in [-0.3, -0.25) is 0 Å². The molecule has 0 amide bonds. The highest BCUT2D eigenvalue weighted by Crippen LogP contribution is 1.85. The lowest BCUT2D eigenvalue weighted by Gasteiger charge is -2.18. The largest absolute Gasteiger partial charge is 0.556 e. The second-order valence-corrected chi connectivity index (χ2v) is 2.54. The minimum Gasteiger partial charge on any atom is -0.556 e. The van der Waals surface area contributed by atoms with Gasteiger partial charge in [0.15, 0.2) is 6.20 Å². The van der Waals surface area contributed by atoms with E-state index in [1.54, 1.807) is 23.9 Å². The SMILES string of the molecule is C[n+]1cccc([B-](O)(O)O)c1. The molecular weight excluding hydrogens is 145 g/mol. The average Bonchev–Trinajstić information content (AvgIpc) is 1.86. The normalized spacial score (nSPS) is 11.6. The van der Waals surface area contributed by atoms with E-state index in [2.05, 4.69) is 0 Å². The summed E-state index contributed by atoms with van der Waals surface area (Å²) in [5, 5.41) is 26.3. The van der Waals surface area contributed by atoms with Crippen LogP contribution in [0.25, 0.3) is 0 Å². The van der Waals surface area contributed by atoms with Crippen LogP contribution in [0.5, 0.6) is 0 Å². The predicted octanol–water partition coefficient (Wildman–Crippen LogP) is -2.37. The number of aryl methyl sites for hydroxylation is 1. The van der Waals surface area contributed by atoms with Crippen LogP contribution in [-0.4, -0.2) is 21.8 Å². The molecule has 0 saturated carbocycles. The molecule has 5 heteroatoms. The summed E-state index contributed by atoms with van der Waals surface area (Å²) >= 11 is 0. The van der Waals surface area contributed by atoms with Crippen molar-refractivity contribution in [1.29, 1.82) is 0 Å². The summed E-state index contributed by atoms with van der Waals surface area (Å²) in [5.41, 5.74) is 0.106. The van der Waals surface area contributed by atoms with Crippen molar-refractivity contribution in [2.24, 2.45) is 7.05 Å². The highest BCUT2D eigenvalue weighted by atomic mass is 16.5. The van der Waals surface area contributed by atoms with Gasteiger partial charge < -0.3 is 15.1 Å². The maximum Gasteiger partial charge on any atom is 0.408 e. The number of hydrogen-bond donors (Lipinski definition) is 3. The highest BCUT2D eigenvalue weighted by molar-refractivity contribution is 6.71. The Kier molecular flexibility index (Phi) is 1.95. The smallest absolute Gasteiger partial charge is 0.408 e. The molecule has 0 saturated heterocycles. The van der Waals surface area contributed by atoms with E-state index in [1.165, 1.54) is 12.3 Å². The fraction of sp³-hybridized carbons (Fsp3) is 0.167. The van der Waals surface area contributed by atoms with Gasteiger partial charge in [0.05, 0.1) is 0 Å². The van der Waals surface area contributed by atoms with Gasteiger partial charge in [0.1, 0.15) is 13.2 Å². The van der Waals surface area contributed by atoms with Crippen molar-refractivity contribution in [3.05, 3.63) is 24.5 Å². The van der Waals surface area contributed by atoms with Crippen molar-refractivity contribution in [3.8, 4) is 0 Å². The molecule has 1 rings (SSSR count). The molecule has 0 aliphatic carbocycles. The standard InChI is InChI=1S/C6H10BNO3/c1-8-4-2-3-6(5-8)7(9,10)11/h2-5,9-11H,1H3. The molecule has 0 unspecified atom stereocenters. The van der Waals surface area contributed by atoms with Gasteiger partial charge in [0.2, 0.25) is 0 Å². The van der Waals surface area contributed by atoms with Crippen LogP contribution in [0.2, 0.25) is 0 Å². The topological polar surface area (TPSA) is 64.6 Å². The minimum absolute atomic E-state index is 0.106. The zero-order chi connectivity index (χ0) is 8.48. The van der Waals surface area contributed by atoms with Crippen LogP contribution in [0.15, 0.2) is 24.5 Å². The molecule has 0 atom stereocenters. The van der Waals surface area contributed by atoms with Crippen LogP contribution in [0.3, 0.4) is 0 Å². The van der Waals surface area contributed by atoms with Crippen LogP contribution < -0.4 is 10.0 Å². The lowest BCUT2D eigenvalue weighted by Crippen LogP contribution is -2.51. The van der Waals surface area contributed by atoms with Crippen molar-refractivity contribution in [3.63, 3.8) is 0 Å². The summed E-state index contributed by atoms with van der Waals surface area (Å²) < 4.78 is 1.62. The van der Waals surface area contributed by atoms with Crippen LogP contribution >= 0.6 is 0 Å². The Morgan fingerprint density at radius 3 is 2.36 bits per heavy atom. The van der Waals surface area contributed by atoms with Crippen molar-refractivity contribution >= 4 is 12.2 Å². The van der Waals surface area contributed by atoms with E-state index in [0.717, 1.165) is 0 Å². The predicted molar refractivity (Wildman–Crippen MR) is 39.7 cm³/mol. The van der Waals surface area contributed by atoms with Gasteiger partial charge in [-0.2, -0.15) is 0 Å². The Morgan fingerprint density at radius 1 is 1.36 bits per heavy atom. The summed E-state index contributed by atoms with van der Waals surface area (Å²) in [6.45, 7) is -3.34. The van der Waals surface area contributed by atoms with Crippen LogP contribution in [-0.2, 0) is 7.05 Å². The highest BCUT2D eigenvalue weighted by Gasteiger charge is 2.20. The summed E-state index contributed by atoms with van der Waals surface area (Å²) in [6.07, 6.45) is 3.17. The van der Waals surface area contributed by atoms with Crippen LogP contribution in [0.1, 0.15) is 0 Å². The summed E-state index contributed by atoms with van der Waals surface area (Å²) in [4.78, 5) is 0. The first kappa shape index (κ1) is 8.19. The Balaban J connectivity index is 3.06. The third kappa shape index (κ3) is 2.01. The summed E-state index contributed by atoms with van der Waals surface area (Å²) in [6, 6.07) is 3.06. The zero-order valence-electron chi connectivity index (χ0n) is 6.18. The Bertz CT molecular complexity index is 258. The lowest BCUT2D eigenvalue weighted by molar-refractivity contribution is -0.670. The van der Waals surface area contributed by atoms with E-state index >= 15 is 0 Å². The van der Waals surface area contributed by atoms with Gasteiger partial charge in [-0.25, -0.2) is 4.57 Å². The number of aromatic nitrogens is 1. The second-order valence-electron chi connectivity index (χ2n) is 2.54. The van der Waals surface area contributed by atoms with E-state index in [1.807, 2.05) is 0 Å². The molecule has 3 N–H and O–H groups in total. The molecule has 1 heterocycles. The Labute approximate surface area is 64.4 Å². The van der Waals surface area contributed by atoms with Gasteiger partial charge in [0, 0.05) is 0 Å². The molecule has 0 aromatic carbocycles. The molecule has 1 aromatic rings. The molecular formula is C6H10BNO3. The monoisotopic (exact) mass is 155 g/mol. The second kappa shape index (κ2) is 2.62. The van der Waals surface area contributed by atoms with Gasteiger partial charge in [0.25, 0.3) is 0 Å². The number of nitrogens with zero attached hydrogens (tertiary/aromatic N) is 1. The molecule has 0 fully saturated rings. The molecule has 0 radical (unpaired) electrons. The lowest BCUT2D eigenvalue weighted by atomic mass is 9.72. The molecule has 0 aliphatic rings. The van der Waals surface area contributed by atoms with Crippen molar-refractivity contribution in [2.45, 2.75) is 0 Å². The van der Waals surface area contributed by atoms with Crippen molar-refractivity contribution < 1.29 is 19.6 Å². The molecule has 1 aromatic heterocycles. The fourth-order valence-electron chi connectivity index (χ4n) is 0.840. The molecule has 0 spiro atoms. The Morgan fingerprint density at radius 2 is 2.00 bits per heavy atom.